The Morgan fingerprint density at radius 3 is 2.32 bits per heavy atom. The van der Waals surface area contributed by atoms with Gasteiger partial charge in [0, 0.05) is 30.6 Å². The highest BCUT2D eigenvalue weighted by molar-refractivity contribution is 6.42. The van der Waals surface area contributed by atoms with Crippen molar-refractivity contribution >= 4 is 35.0 Å². The Morgan fingerprint density at radius 1 is 1.05 bits per heavy atom. The molecule has 118 valence electrons. The highest BCUT2D eigenvalue weighted by atomic mass is 35.5. The average Bonchev–Trinajstić information content (AvgIpc) is 3.35. The quantitative estimate of drug-likeness (QED) is 0.918. The molecule has 0 atom stereocenters. The lowest BCUT2D eigenvalue weighted by Crippen LogP contribution is -2.46. The Balaban J connectivity index is 1.54. The maximum Gasteiger partial charge on any atom is 0.253 e. The minimum atomic E-state index is -0.0365. The molecule has 0 unspecified atom stereocenters. The molecular weight excluding hydrogens is 323 g/mol. The summed E-state index contributed by atoms with van der Waals surface area (Å²) >= 11 is 11.8. The van der Waals surface area contributed by atoms with Gasteiger partial charge in [-0.15, -0.1) is 0 Å². The number of carbonyl (C=O) groups is 2. The summed E-state index contributed by atoms with van der Waals surface area (Å²) in [6.45, 7) is 1.30. The summed E-state index contributed by atoms with van der Waals surface area (Å²) in [5.41, 5.74) is 0.551. The lowest BCUT2D eigenvalue weighted by Gasteiger charge is -2.32. The van der Waals surface area contributed by atoms with Crippen molar-refractivity contribution in [1.82, 2.24) is 10.2 Å². The highest BCUT2D eigenvalue weighted by Crippen LogP contribution is 2.29. The van der Waals surface area contributed by atoms with E-state index in [2.05, 4.69) is 5.32 Å². The third-order valence-corrected chi connectivity index (χ3v) is 4.98. The van der Waals surface area contributed by atoms with Gasteiger partial charge in [0.15, 0.2) is 0 Å². The van der Waals surface area contributed by atoms with Gasteiger partial charge in [0.2, 0.25) is 5.91 Å². The summed E-state index contributed by atoms with van der Waals surface area (Å²) in [5.74, 6) is 0.371. The fourth-order valence-electron chi connectivity index (χ4n) is 2.70. The molecule has 0 bridgehead atoms. The van der Waals surface area contributed by atoms with Crippen LogP contribution in [0.4, 0.5) is 0 Å². The van der Waals surface area contributed by atoms with Crippen LogP contribution in [-0.2, 0) is 4.79 Å². The van der Waals surface area contributed by atoms with Gasteiger partial charge in [-0.1, -0.05) is 23.2 Å². The zero-order chi connectivity index (χ0) is 15.7. The highest BCUT2D eigenvalue weighted by Gasteiger charge is 2.32. The smallest absolute Gasteiger partial charge is 0.253 e. The molecule has 2 aliphatic rings. The minimum absolute atomic E-state index is 0.0365. The van der Waals surface area contributed by atoms with Crippen molar-refractivity contribution in [3.8, 4) is 0 Å². The van der Waals surface area contributed by atoms with Crippen molar-refractivity contribution in [2.45, 2.75) is 31.7 Å². The van der Waals surface area contributed by atoms with Gasteiger partial charge < -0.3 is 10.2 Å². The van der Waals surface area contributed by atoms with E-state index in [0.717, 1.165) is 25.7 Å². The van der Waals surface area contributed by atoms with E-state index in [1.807, 2.05) is 0 Å². The second-order valence-electron chi connectivity index (χ2n) is 5.98. The van der Waals surface area contributed by atoms with E-state index in [1.165, 1.54) is 0 Å². The molecule has 2 amide bonds. The van der Waals surface area contributed by atoms with E-state index in [9.17, 15) is 9.59 Å². The summed E-state index contributed by atoms with van der Waals surface area (Å²) in [5, 5.41) is 3.91. The summed E-state index contributed by atoms with van der Waals surface area (Å²) in [6, 6.07) is 5.12. The van der Waals surface area contributed by atoms with Gasteiger partial charge in [0.25, 0.3) is 5.91 Å². The van der Waals surface area contributed by atoms with Gasteiger partial charge in [-0.25, -0.2) is 0 Å². The Bertz CT molecular complexity index is 594. The van der Waals surface area contributed by atoms with Crippen molar-refractivity contribution < 1.29 is 9.59 Å². The van der Waals surface area contributed by atoms with Crippen molar-refractivity contribution in [3.05, 3.63) is 33.8 Å². The van der Waals surface area contributed by atoms with E-state index < -0.39 is 0 Å². The number of nitrogens with zero attached hydrogens (tertiary/aromatic N) is 1. The zero-order valence-electron chi connectivity index (χ0n) is 12.1. The van der Waals surface area contributed by atoms with Crippen LogP contribution in [-0.4, -0.2) is 35.8 Å². The molecule has 6 heteroatoms. The van der Waals surface area contributed by atoms with Crippen LogP contribution in [0.3, 0.4) is 0 Å². The van der Waals surface area contributed by atoms with Gasteiger partial charge in [0.1, 0.15) is 0 Å². The van der Waals surface area contributed by atoms with Gasteiger partial charge in [-0.3, -0.25) is 9.59 Å². The van der Waals surface area contributed by atoms with Crippen molar-refractivity contribution in [1.29, 1.82) is 0 Å². The van der Waals surface area contributed by atoms with Crippen LogP contribution in [0.25, 0.3) is 0 Å². The van der Waals surface area contributed by atoms with Gasteiger partial charge in [0.05, 0.1) is 10.0 Å². The van der Waals surface area contributed by atoms with Crippen molar-refractivity contribution in [3.63, 3.8) is 0 Å². The molecule has 1 aliphatic heterocycles. The Hall–Kier alpha value is -1.26. The van der Waals surface area contributed by atoms with Gasteiger partial charge >= 0.3 is 0 Å². The SMILES string of the molecule is O=C(NC1CCN(C(=O)c2ccc(Cl)c(Cl)c2)CC1)C1CC1. The molecule has 1 saturated carbocycles. The largest absolute Gasteiger partial charge is 0.353 e. The van der Waals surface area contributed by atoms with E-state index in [0.29, 0.717) is 28.7 Å². The molecule has 1 aliphatic carbocycles. The third-order valence-electron chi connectivity index (χ3n) is 4.24. The van der Waals surface area contributed by atoms with Gasteiger partial charge in [-0.2, -0.15) is 0 Å². The van der Waals surface area contributed by atoms with Crippen LogP contribution < -0.4 is 5.32 Å². The first-order valence-corrected chi connectivity index (χ1v) is 8.35. The maximum absolute atomic E-state index is 12.4. The second kappa shape index (κ2) is 6.47. The standard InChI is InChI=1S/C16H18Cl2N2O2/c17-13-4-3-11(9-14(13)18)16(22)20-7-5-12(6-8-20)19-15(21)10-1-2-10/h3-4,9-10,12H,1-2,5-8H2,(H,19,21). The fourth-order valence-corrected chi connectivity index (χ4v) is 3.00. The predicted molar refractivity (Wildman–Crippen MR) is 86.3 cm³/mol. The first-order chi connectivity index (χ1) is 10.5. The van der Waals surface area contributed by atoms with E-state index >= 15 is 0 Å². The number of benzene rings is 1. The third kappa shape index (κ3) is 3.55. The monoisotopic (exact) mass is 340 g/mol. The summed E-state index contributed by atoms with van der Waals surface area (Å²) in [4.78, 5) is 26.0. The zero-order valence-corrected chi connectivity index (χ0v) is 13.7. The van der Waals surface area contributed by atoms with Gasteiger partial charge in [-0.05, 0) is 43.9 Å². The topological polar surface area (TPSA) is 49.4 Å². The van der Waals surface area contributed by atoms with Crippen LogP contribution in [0.5, 0.6) is 0 Å². The molecule has 1 aromatic rings. The number of hydrogen-bond donors (Lipinski definition) is 1. The molecule has 1 saturated heterocycles. The van der Waals surface area contributed by atoms with E-state index in [-0.39, 0.29) is 23.8 Å². The van der Waals surface area contributed by atoms with E-state index in [1.54, 1.807) is 23.1 Å². The molecule has 0 radical (unpaired) electrons. The van der Waals surface area contributed by atoms with Crippen molar-refractivity contribution in [2.24, 2.45) is 5.92 Å². The lowest BCUT2D eigenvalue weighted by molar-refractivity contribution is -0.123. The average molecular weight is 341 g/mol. The van der Waals surface area contributed by atoms with Crippen LogP contribution in [0.2, 0.25) is 10.0 Å². The molecule has 0 spiro atoms. The molecule has 3 rings (SSSR count). The first-order valence-electron chi connectivity index (χ1n) is 7.59. The summed E-state index contributed by atoms with van der Waals surface area (Å²) < 4.78 is 0. The van der Waals surface area contributed by atoms with Crippen LogP contribution in [0, 0.1) is 5.92 Å². The van der Waals surface area contributed by atoms with Crippen LogP contribution in [0.15, 0.2) is 18.2 Å². The Kier molecular flexibility index (Phi) is 4.59. The molecule has 1 heterocycles. The van der Waals surface area contributed by atoms with Crippen LogP contribution in [0.1, 0.15) is 36.0 Å². The molecule has 1 N–H and O–H groups in total. The predicted octanol–water partition coefficient (Wildman–Crippen LogP) is 3.12. The van der Waals surface area contributed by atoms with Crippen LogP contribution >= 0.6 is 23.2 Å². The van der Waals surface area contributed by atoms with Crippen molar-refractivity contribution in [2.75, 3.05) is 13.1 Å². The first kappa shape index (κ1) is 15.6. The second-order valence-corrected chi connectivity index (χ2v) is 6.79. The van der Waals surface area contributed by atoms with E-state index in [4.69, 9.17) is 23.2 Å². The molecule has 0 aromatic heterocycles. The number of hydrogen-bond acceptors (Lipinski definition) is 2. The Labute approximate surface area is 139 Å². The molecule has 4 nitrogen and oxygen atoms in total. The number of carbonyl (C=O) groups excluding carboxylic acids is 2. The summed E-state index contributed by atoms with van der Waals surface area (Å²) in [6.07, 6.45) is 3.62. The Morgan fingerprint density at radius 2 is 1.73 bits per heavy atom. The number of rotatable bonds is 3. The number of nitrogens with one attached hydrogen (secondary N) is 1. The summed E-state index contributed by atoms with van der Waals surface area (Å²) in [7, 11) is 0. The number of likely N-dealkylation sites (tertiary alicyclic amines) is 1. The maximum atomic E-state index is 12.4. The fraction of sp³-hybridized carbons (Fsp3) is 0.500. The molecule has 2 fully saturated rings. The number of halogens is 2. The molecular formula is C16H18Cl2N2O2. The molecule has 22 heavy (non-hydrogen) atoms. The normalized spacial score (nSPS) is 19.1. The number of piperidine rings is 1. The molecule has 1 aromatic carbocycles. The lowest BCUT2D eigenvalue weighted by atomic mass is 10.0. The number of amides is 2. The minimum Gasteiger partial charge on any atom is -0.353 e.